The van der Waals surface area contributed by atoms with E-state index in [1.165, 1.54) is 75.7 Å². The molecule has 0 aromatic heterocycles. The van der Waals surface area contributed by atoms with Gasteiger partial charge in [0.2, 0.25) is 65.0 Å². The van der Waals surface area contributed by atoms with Gasteiger partial charge < -0.3 is 61.1 Å². The molecule has 0 spiro atoms. The molecule has 0 bridgehead atoms. The Morgan fingerprint density at radius 1 is 0.476 bits per heavy atom. The van der Waals surface area contributed by atoms with Crippen molar-refractivity contribution in [1.29, 1.82) is 0 Å². The van der Waals surface area contributed by atoms with Crippen molar-refractivity contribution >= 4 is 65.0 Å². The van der Waals surface area contributed by atoms with Gasteiger partial charge in [0.05, 0.1) is 12.6 Å². The second-order valence-corrected chi connectivity index (χ2v) is 25.1. The highest BCUT2D eigenvalue weighted by Gasteiger charge is 2.45. The zero-order chi connectivity index (χ0) is 65.7. The van der Waals surface area contributed by atoms with Crippen LogP contribution in [0.3, 0.4) is 0 Å². The Hall–Kier alpha value is -6.13. The first-order valence-electron chi connectivity index (χ1n) is 30.0. The molecule has 84 heavy (non-hydrogen) atoms. The highest BCUT2D eigenvalue weighted by molar-refractivity contribution is 5.98. The molecule has 0 radical (unpaired) electrons. The van der Waals surface area contributed by atoms with Gasteiger partial charge in [0.15, 0.2) is 0 Å². The Kier molecular flexibility index (Phi) is 33.4. The van der Waals surface area contributed by atoms with Gasteiger partial charge in [-0.05, 0) is 94.8 Å². The van der Waals surface area contributed by atoms with Gasteiger partial charge in [0, 0.05) is 55.3 Å². The number of primary amides is 1. The van der Waals surface area contributed by atoms with Crippen molar-refractivity contribution in [3.05, 3.63) is 12.2 Å². The molecule has 0 saturated carbocycles. The van der Waals surface area contributed by atoms with Crippen LogP contribution in [0.15, 0.2) is 12.2 Å². The van der Waals surface area contributed by atoms with Crippen molar-refractivity contribution < 1.29 is 57.8 Å². The Balaban J connectivity index is 7.09. The van der Waals surface area contributed by atoms with Crippen LogP contribution in [0.2, 0.25) is 0 Å². The summed E-state index contributed by atoms with van der Waals surface area (Å²) in [5, 5.41) is 20.2. The molecule has 1 unspecified atom stereocenters. The summed E-state index contributed by atoms with van der Waals surface area (Å²) in [6.45, 7) is 29.8. The van der Waals surface area contributed by atoms with Crippen molar-refractivity contribution in [2.45, 2.75) is 217 Å². The number of hydrogen-bond donors (Lipinski definition) is 5. The van der Waals surface area contributed by atoms with Gasteiger partial charge in [0.25, 0.3) is 0 Å². The van der Waals surface area contributed by atoms with Gasteiger partial charge in [0.1, 0.15) is 54.4 Å². The maximum atomic E-state index is 15.1. The minimum absolute atomic E-state index is 0.0383. The van der Waals surface area contributed by atoms with Crippen LogP contribution in [-0.4, -0.2) is 221 Å². The van der Waals surface area contributed by atoms with E-state index in [0.29, 0.717) is 12.8 Å². The van der Waals surface area contributed by atoms with Crippen LogP contribution in [0.25, 0.3) is 0 Å². The van der Waals surface area contributed by atoms with Crippen LogP contribution < -0.4 is 21.7 Å². The molecule has 6 N–H and O–H groups in total. The van der Waals surface area contributed by atoms with Crippen LogP contribution in [0.5, 0.6) is 0 Å². The summed E-state index contributed by atoms with van der Waals surface area (Å²) in [5.74, 6) is -8.45. The first-order valence-corrected chi connectivity index (χ1v) is 30.0. The van der Waals surface area contributed by atoms with E-state index in [2.05, 4.69) is 16.0 Å². The molecule has 0 heterocycles. The minimum atomic E-state index is -1.59. The molecule has 0 fully saturated rings. The van der Waals surface area contributed by atoms with E-state index in [-0.39, 0.29) is 61.2 Å². The summed E-state index contributed by atoms with van der Waals surface area (Å²) >= 11 is 0. The smallest absolute Gasteiger partial charge is 0.246 e. The predicted octanol–water partition coefficient (Wildman–Crippen LogP) is 3.26. The van der Waals surface area contributed by atoms with Crippen LogP contribution in [0, 0.1) is 41.4 Å². The van der Waals surface area contributed by atoms with E-state index in [1.807, 2.05) is 62.3 Å². The molecule has 0 aliphatic rings. The molecular weight excluding hydrogens is 1080 g/mol. The van der Waals surface area contributed by atoms with Crippen LogP contribution >= 0.6 is 0 Å². The van der Waals surface area contributed by atoms with Crippen molar-refractivity contribution in [2.24, 2.45) is 47.2 Å². The van der Waals surface area contributed by atoms with E-state index in [0.717, 1.165) is 14.7 Å². The zero-order valence-corrected chi connectivity index (χ0v) is 55.6. The Bertz CT molecular complexity index is 2260. The van der Waals surface area contributed by atoms with Crippen molar-refractivity contribution in [3.8, 4) is 0 Å². The summed E-state index contributed by atoms with van der Waals surface area (Å²) < 4.78 is 0. The lowest BCUT2D eigenvalue weighted by atomic mass is 9.91. The number of aliphatic hydroxyl groups is 1. The first kappa shape index (κ1) is 77.9. The molecule has 0 aromatic carbocycles. The largest absolute Gasteiger partial charge is 0.390 e. The normalized spacial score (nSPS) is 16.0. The van der Waals surface area contributed by atoms with Crippen molar-refractivity contribution in [3.63, 3.8) is 0 Å². The predicted molar refractivity (Wildman–Crippen MR) is 326 cm³/mol. The monoisotopic (exact) mass is 1190 g/mol. The van der Waals surface area contributed by atoms with E-state index < -0.39 is 138 Å². The standard InChI is InChI=1S/C61H111N11O12/c1-25-28-29-39(14)51(74)50(55(78)65-44(27-3)58(81)66(18)33-48(73)67(19)42(17)52(62)75)72(24)61(84)49(38(12)13)71(23)60(83)47(32-36(8)9)70(22)59(82)46(31-35(6)7)69(21)57(80)41(16)63-53(76)43(26-2)64-54(77)45(30-34(4)5)68(20)56(79)40(15)37(10)11/h25,28,34-47,49-51,74H,26-27,29-33H2,1-24H3,(H2,62,75)(H,63,76)(H,64,77)(H,65,78)/b28-25+/t39-,40-,41+,42+,43+,44-,45+,46-,47-,49-,50?,51+/m1/s1. The number of hydrogen-bond acceptors (Lipinski definition) is 12. The average Bonchev–Trinajstić information content (AvgIpc) is 2.09. The number of aliphatic hydroxyl groups excluding tert-OH is 1. The number of allylic oxidation sites excluding steroid dienone is 2. The fourth-order valence-corrected chi connectivity index (χ4v) is 9.87. The lowest BCUT2D eigenvalue weighted by Gasteiger charge is -2.41. The molecule has 0 rings (SSSR count). The number of carbonyl (C=O) groups is 11. The van der Waals surface area contributed by atoms with Gasteiger partial charge in [-0.1, -0.05) is 109 Å². The third kappa shape index (κ3) is 22.4. The maximum Gasteiger partial charge on any atom is 0.246 e. The second-order valence-electron chi connectivity index (χ2n) is 25.1. The van der Waals surface area contributed by atoms with Crippen LogP contribution in [-0.2, 0) is 52.7 Å². The molecule has 0 aliphatic carbocycles. The van der Waals surface area contributed by atoms with Gasteiger partial charge in [-0.15, -0.1) is 0 Å². The van der Waals surface area contributed by atoms with Crippen LogP contribution in [0.4, 0.5) is 0 Å². The fourth-order valence-electron chi connectivity index (χ4n) is 9.87. The second kappa shape index (κ2) is 36.0. The van der Waals surface area contributed by atoms with Gasteiger partial charge in [-0.25, -0.2) is 0 Å². The molecular formula is C61H111N11O12. The summed E-state index contributed by atoms with van der Waals surface area (Å²) in [5.41, 5.74) is 5.38. The summed E-state index contributed by atoms with van der Waals surface area (Å²) in [7, 11) is 10.0. The summed E-state index contributed by atoms with van der Waals surface area (Å²) in [6, 6.07) is -10.4. The Labute approximate surface area is 503 Å². The number of nitrogens with two attached hydrogens (primary N) is 1. The van der Waals surface area contributed by atoms with Gasteiger partial charge in [-0.3, -0.25) is 52.7 Å². The molecule has 11 amide bonds. The lowest BCUT2D eigenvalue weighted by molar-refractivity contribution is -0.157. The quantitative estimate of drug-likeness (QED) is 0.0572. The molecule has 23 nitrogen and oxygen atoms in total. The number of carbonyl (C=O) groups excluding carboxylic acids is 11. The molecule has 23 heteroatoms. The van der Waals surface area contributed by atoms with Gasteiger partial charge in [-0.2, -0.15) is 0 Å². The Morgan fingerprint density at radius 2 is 0.905 bits per heavy atom. The summed E-state index contributed by atoms with van der Waals surface area (Å²) in [6.07, 6.45) is 3.29. The Morgan fingerprint density at radius 3 is 1.33 bits per heavy atom. The number of rotatable bonds is 35. The minimum Gasteiger partial charge on any atom is -0.390 e. The number of amides is 11. The van der Waals surface area contributed by atoms with E-state index in [1.54, 1.807) is 60.7 Å². The van der Waals surface area contributed by atoms with E-state index >= 15 is 9.59 Å². The number of likely N-dealkylation sites (N-methyl/N-ethyl adjacent to an activating group) is 7. The van der Waals surface area contributed by atoms with Gasteiger partial charge >= 0.3 is 0 Å². The van der Waals surface area contributed by atoms with Crippen molar-refractivity contribution in [1.82, 2.24) is 50.2 Å². The molecule has 12 atom stereocenters. The lowest BCUT2D eigenvalue weighted by Crippen LogP contribution is -2.63. The molecule has 0 aromatic rings. The van der Waals surface area contributed by atoms with E-state index in [9.17, 15) is 48.3 Å². The number of nitrogens with zero attached hydrogens (tertiary/aromatic N) is 7. The maximum absolute atomic E-state index is 15.1. The SMILES string of the molecule is C/C=C/C[C@@H](C)[C@H](O)C(C(=O)N[C@H](CC)C(=O)N(C)CC(=O)N(C)[C@@H](C)C(N)=O)N(C)C(=O)[C@@H](C(C)C)N(C)C(=O)[C@@H](CC(C)C)N(C)C(=O)[C@@H](CC(C)C)N(C)C(=O)[C@H](C)NC(=O)[C@H](CC)NC(=O)[C@H](CC(C)C)N(C)C(=O)[C@H](C)C(C)C. The topological polar surface area (TPSA) is 293 Å². The number of nitrogens with one attached hydrogen (secondary N) is 3. The summed E-state index contributed by atoms with van der Waals surface area (Å²) in [4.78, 5) is 162. The fraction of sp³-hybridized carbons (Fsp3) is 0.787. The van der Waals surface area contributed by atoms with E-state index in [4.69, 9.17) is 5.73 Å². The van der Waals surface area contributed by atoms with Crippen LogP contribution in [0.1, 0.15) is 156 Å². The molecule has 0 aliphatic heterocycles. The first-order chi connectivity index (χ1) is 38.7. The highest BCUT2D eigenvalue weighted by atomic mass is 16.3. The third-order valence-electron chi connectivity index (χ3n) is 16.1. The third-order valence-corrected chi connectivity index (χ3v) is 16.1. The molecule has 482 valence electrons. The molecule has 0 saturated heterocycles. The highest BCUT2D eigenvalue weighted by Crippen LogP contribution is 2.25. The van der Waals surface area contributed by atoms with Crippen molar-refractivity contribution in [2.75, 3.05) is 55.9 Å². The zero-order valence-electron chi connectivity index (χ0n) is 55.6. The average molecular weight is 1190 g/mol.